The van der Waals surface area contributed by atoms with E-state index in [1.807, 2.05) is 0 Å². The molecule has 1 nitrogen and oxygen atoms in total. The first-order valence-corrected chi connectivity index (χ1v) is 11.4. The van der Waals surface area contributed by atoms with Gasteiger partial charge in [-0.25, -0.2) is 0 Å². The van der Waals surface area contributed by atoms with E-state index in [1.165, 1.54) is 64.2 Å². The van der Waals surface area contributed by atoms with Gasteiger partial charge in [-0.15, -0.1) is 0 Å². The molecule has 0 bridgehead atoms. The standard InChI is InChI=1S/C25H42O/c1-3-5-7-9-10-11-12-14-16-18-22-21(17-15-13-8-6-4-2)19-20-23-24(22)25(23)26/h5-8,11-12,21-26H,3-4,9-10,13-20H2,1-2H3. The second-order valence-electron chi connectivity index (χ2n) is 8.40. The third-order valence-electron chi connectivity index (χ3n) is 6.48. The summed E-state index contributed by atoms with van der Waals surface area (Å²) >= 11 is 0. The Balaban J connectivity index is 1.67. The highest BCUT2D eigenvalue weighted by molar-refractivity contribution is 5.05. The van der Waals surface area contributed by atoms with Crippen molar-refractivity contribution in [2.24, 2.45) is 23.7 Å². The molecule has 0 radical (unpaired) electrons. The summed E-state index contributed by atoms with van der Waals surface area (Å²) in [4.78, 5) is 0. The Labute approximate surface area is 162 Å². The normalized spacial score (nSPS) is 31.3. The van der Waals surface area contributed by atoms with Crippen molar-refractivity contribution in [3.63, 3.8) is 0 Å². The first-order valence-electron chi connectivity index (χ1n) is 11.4. The molecule has 2 rings (SSSR count). The van der Waals surface area contributed by atoms with Crippen LogP contribution in [0.15, 0.2) is 36.5 Å². The number of rotatable bonds is 13. The van der Waals surface area contributed by atoms with Gasteiger partial charge in [-0.3, -0.25) is 0 Å². The highest BCUT2D eigenvalue weighted by atomic mass is 16.3. The van der Waals surface area contributed by atoms with Crippen LogP contribution in [0.3, 0.4) is 0 Å². The fourth-order valence-electron chi connectivity index (χ4n) is 5.00. The van der Waals surface area contributed by atoms with Crippen LogP contribution in [0.1, 0.15) is 90.9 Å². The molecular weight excluding hydrogens is 316 g/mol. The zero-order valence-electron chi connectivity index (χ0n) is 17.3. The number of aliphatic hydroxyl groups is 1. The lowest BCUT2D eigenvalue weighted by atomic mass is 9.74. The quantitative estimate of drug-likeness (QED) is 0.272. The molecule has 148 valence electrons. The molecule has 0 saturated heterocycles. The third-order valence-corrected chi connectivity index (χ3v) is 6.48. The minimum atomic E-state index is 0.0332. The van der Waals surface area contributed by atoms with Crippen LogP contribution in [0.4, 0.5) is 0 Å². The molecule has 1 N–H and O–H groups in total. The summed E-state index contributed by atoms with van der Waals surface area (Å²) in [5.41, 5.74) is 0. The molecule has 0 aromatic rings. The molecule has 0 aliphatic heterocycles. The van der Waals surface area contributed by atoms with E-state index in [1.54, 1.807) is 0 Å². The lowest BCUT2D eigenvalue weighted by Gasteiger charge is -2.31. The maximum atomic E-state index is 10.3. The van der Waals surface area contributed by atoms with Crippen molar-refractivity contribution >= 4 is 0 Å². The summed E-state index contributed by atoms with van der Waals surface area (Å²) in [5, 5.41) is 10.3. The zero-order valence-corrected chi connectivity index (χ0v) is 17.3. The van der Waals surface area contributed by atoms with Gasteiger partial charge in [-0.1, -0.05) is 50.3 Å². The van der Waals surface area contributed by atoms with E-state index in [0.29, 0.717) is 11.8 Å². The van der Waals surface area contributed by atoms with E-state index < -0.39 is 0 Å². The van der Waals surface area contributed by atoms with Crippen molar-refractivity contribution in [1.82, 2.24) is 0 Å². The van der Waals surface area contributed by atoms with Gasteiger partial charge in [-0.05, 0) is 101 Å². The van der Waals surface area contributed by atoms with Gasteiger partial charge < -0.3 is 5.11 Å². The van der Waals surface area contributed by atoms with Gasteiger partial charge in [-0.2, -0.15) is 0 Å². The molecule has 2 aliphatic rings. The van der Waals surface area contributed by atoms with Crippen molar-refractivity contribution in [2.75, 3.05) is 0 Å². The summed E-state index contributed by atoms with van der Waals surface area (Å²) in [5.74, 6) is 2.95. The van der Waals surface area contributed by atoms with Gasteiger partial charge in [0.1, 0.15) is 0 Å². The first-order chi connectivity index (χ1) is 12.8. The Bertz CT molecular complexity index is 447. The smallest absolute Gasteiger partial charge is 0.0606 e. The summed E-state index contributed by atoms with van der Waals surface area (Å²) in [7, 11) is 0. The molecule has 0 aromatic heterocycles. The Kier molecular flexibility index (Phi) is 10.4. The maximum Gasteiger partial charge on any atom is 0.0606 e. The molecule has 2 saturated carbocycles. The number of fused-ring (bicyclic) bond motifs is 1. The minimum Gasteiger partial charge on any atom is -0.393 e. The second-order valence-corrected chi connectivity index (χ2v) is 8.40. The molecule has 26 heavy (non-hydrogen) atoms. The number of aliphatic hydroxyl groups excluding tert-OH is 1. The van der Waals surface area contributed by atoms with E-state index in [9.17, 15) is 5.11 Å². The SMILES string of the molecule is CCC=CCCC=CCCCC1C(CCCC=CCC)CCC2C(O)C12. The van der Waals surface area contributed by atoms with Crippen LogP contribution in [-0.2, 0) is 0 Å². The van der Waals surface area contributed by atoms with Crippen molar-refractivity contribution in [3.05, 3.63) is 36.5 Å². The third kappa shape index (κ3) is 7.06. The van der Waals surface area contributed by atoms with Gasteiger partial charge in [0.2, 0.25) is 0 Å². The largest absolute Gasteiger partial charge is 0.393 e. The summed E-state index contributed by atoms with van der Waals surface area (Å²) in [6.07, 6.45) is 29.1. The molecule has 0 heterocycles. The number of hydrogen-bond acceptors (Lipinski definition) is 1. The van der Waals surface area contributed by atoms with Gasteiger partial charge in [0.25, 0.3) is 0 Å². The molecule has 5 atom stereocenters. The predicted molar refractivity (Wildman–Crippen MR) is 114 cm³/mol. The molecule has 2 aliphatic carbocycles. The molecule has 0 amide bonds. The maximum absolute atomic E-state index is 10.3. The van der Waals surface area contributed by atoms with Gasteiger partial charge in [0.05, 0.1) is 6.10 Å². The van der Waals surface area contributed by atoms with E-state index in [4.69, 9.17) is 0 Å². The number of unbranched alkanes of at least 4 members (excludes halogenated alkanes) is 3. The topological polar surface area (TPSA) is 20.2 Å². The average Bonchev–Trinajstić information content (AvgIpc) is 3.31. The van der Waals surface area contributed by atoms with E-state index in [-0.39, 0.29) is 6.10 Å². The van der Waals surface area contributed by atoms with Crippen molar-refractivity contribution in [3.8, 4) is 0 Å². The number of allylic oxidation sites excluding steroid dienone is 6. The van der Waals surface area contributed by atoms with Crippen LogP contribution in [0.25, 0.3) is 0 Å². The monoisotopic (exact) mass is 358 g/mol. The van der Waals surface area contributed by atoms with Crippen molar-refractivity contribution in [2.45, 2.75) is 97.0 Å². The van der Waals surface area contributed by atoms with E-state index >= 15 is 0 Å². The fraction of sp³-hybridized carbons (Fsp3) is 0.760. The van der Waals surface area contributed by atoms with Crippen LogP contribution in [0.5, 0.6) is 0 Å². The fourth-order valence-corrected chi connectivity index (χ4v) is 5.00. The van der Waals surface area contributed by atoms with E-state index in [0.717, 1.165) is 24.7 Å². The lowest BCUT2D eigenvalue weighted by molar-refractivity contribution is 0.175. The lowest BCUT2D eigenvalue weighted by Crippen LogP contribution is -2.22. The van der Waals surface area contributed by atoms with Gasteiger partial charge in [0.15, 0.2) is 0 Å². The first kappa shape index (κ1) is 21.5. The second kappa shape index (κ2) is 12.5. The van der Waals surface area contributed by atoms with Gasteiger partial charge in [0, 0.05) is 0 Å². The van der Waals surface area contributed by atoms with Crippen LogP contribution >= 0.6 is 0 Å². The summed E-state index contributed by atoms with van der Waals surface area (Å²) in [6, 6.07) is 0. The van der Waals surface area contributed by atoms with Crippen LogP contribution in [0.2, 0.25) is 0 Å². The average molecular weight is 359 g/mol. The minimum absolute atomic E-state index is 0.0332. The van der Waals surface area contributed by atoms with Crippen LogP contribution in [0, 0.1) is 23.7 Å². The molecule has 5 unspecified atom stereocenters. The highest BCUT2D eigenvalue weighted by Gasteiger charge is 2.56. The molecule has 0 spiro atoms. The van der Waals surface area contributed by atoms with Crippen molar-refractivity contribution in [1.29, 1.82) is 0 Å². The van der Waals surface area contributed by atoms with Crippen LogP contribution < -0.4 is 0 Å². The Hall–Kier alpha value is -0.820. The predicted octanol–water partition coefficient (Wildman–Crippen LogP) is 7.23. The molecule has 2 fully saturated rings. The number of hydrogen-bond donors (Lipinski definition) is 1. The Morgan fingerprint density at radius 2 is 1.31 bits per heavy atom. The Morgan fingerprint density at radius 1 is 0.731 bits per heavy atom. The Morgan fingerprint density at radius 3 is 2.00 bits per heavy atom. The van der Waals surface area contributed by atoms with Gasteiger partial charge >= 0.3 is 0 Å². The summed E-state index contributed by atoms with van der Waals surface area (Å²) in [6.45, 7) is 4.40. The highest BCUT2D eigenvalue weighted by Crippen LogP contribution is 2.57. The van der Waals surface area contributed by atoms with E-state index in [2.05, 4.69) is 50.3 Å². The van der Waals surface area contributed by atoms with Crippen LogP contribution in [-0.4, -0.2) is 11.2 Å². The molecular formula is C25H42O. The zero-order chi connectivity index (χ0) is 18.6. The van der Waals surface area contributed by atoms with Crippen molar-refractivity contribution < 1.29 is 5.11 Å². The molecule has 0 aromatic carbocycles. The summed E-state index contributed by atoms with van der Waals surface area (Å²) < 4.78 is 0. The molecule has 1 heteroatoms.